The maximum Gasteiger partial charge on any atom is 0.490 e. The van der Waals surface area contributed by atoms with Gasteiger partial charge in [0.25, 0.3) is 0 Å². The number of hydrogen-bond acceptors (Lipinski definition) is 5. The summed E-state index contributed by atoms with van der Waals surface area (Å²) in [5.74, 6) is -2.75. The van der Waals surface area contributed by atoms with Crippen molar-refractivity contribution in [3.8, 4) is 6.07 Å². The minimum absolute atomic E-state index is 0.0102. The summed E-state index contributed by atoms with van der Waals surface area (Å²) in [5.41, 5.74) is -1.11. The highest BCUT2D eigenvalue weighted by atomic mass is 19.4. The molecule has 0 bridgehead atoms. The van der Waals surface area contributed by atoms with Gasteiger partial charge in [-0.15, -0.1) is 0 Å². The molecule has 39 heavy (non-hydrogen) atoms. The van der Waals surface area contributed by atoms with Crippen LogP contribution in [0.2, 0.25) is 0 Å². The number of nitriles is 1. The molecule has 0 N–H and O–H groups in total. The van der Waals surface area contributed by atoms with Gasteiger partial charge in [-0.1, -0.05) is 40.7 Å². The minimum Gasteiger partial charge on any atom is -0.458 e. The van der Waals surface area contributed by atoms with Crippen LogP contribution < -0.4 is 0 Å². The second kappa shape index (κ2) is 8.91. The molecule has 4 fully saturated rings. The van der Waals surface area contributed by atoms with E-state index >= 15 is 0 Å². The SMILES string of the molecule is C[C@@H]1C(=O)C(C#N)=CC2[C@H]1CC[C@]1(C)[C@@H]2CC(=O)C2C3CC(C)(C)CC[C@]3(COC(=O)C(F)(F)F)CC[C@]21C. The van der Waals surface area contributed by atoms with Crippen molar-refractivity contribution in [1.29, 1.82) is 5.26 Å². The monoisotopic (exact) mass is 547 g/mol. The molecule has 8 heteroatoms. The number of halogens is 3. The largest absolute Gasteiger partial charge is 0.490 e. The molecule has 0 radical (unpaired) electrons. The summed E-state index contributed by atoms with van der Waals surface area (Å²) in [4.78, 5) is 38.8. The Labute approximate surface area is 228 Å². The number of esters is 1. The van der Waals surface area contributed by atoms with Crippen molar-refractivity contribution < 1.29 is 32.3 Å². The topological polar surface area (TPSA) is 84.2 Å². The lowest BCUT2D eigenvalue weighted by Crippen LogP contribution is -2.66. The normalized spacial score (nSPS) is 45.1. The van der Waals surface area contributed by atoms with E-state index in [9.17, 15) is 32.8 Å². The number of allylic oxidation sites excluding steroid dienone is 2. The predicted octanol–water partition coefficient (Wildman–Crippen LogP) is 6.61. The molecule has 5 rings (SSSR count). The fraction of sp³-hybridized carbons (Fsp3) is 0.806. The Kier molecular flexibility index (Phi) is 6.48. The number of carbonyl (C=O) groups excluding carboxylic acids is 3. The van der Waals surface area contributed by atoms with Crippen LogP contribution in [0, 0.1) is 68.5 Å². The average molecular weight is 548 g/mol. The van der Waals surface area contributed by atoms with Gasteiger partial charge in [0.1, 0.15) is 11.9 Å². The second-order valence-corrected chi connectivity index (χ2v) is 14.6. The molecule has 4 saturated carbocycles. The minimum atomic E-state index is -5.04. The molecule has 214 valence electrons. The smallest absolute Gasteiger partial charge is 0.458 e. The summed E-state index contributed by atoms with van der Waals surface area (Å²) in [6, 6.07) is 2.09. The van der Waals surface area contributed by atoms with Gasteiger partial charge in [0, 0.05) is 23.7 Å². The Balaban J connectivity index is 1.53. The van der Waals surface area contributed by atoms with Crippen molar-refractivity contribution in [3.05, 3.63) is 11.6 Å². The number of hydrogen-bond donors (Lipinski definition) is 0. The predicted molar refractivity (Wildman–Crippen MR) is 137 cm³/mol. The zero-order chi connectivity index (χ0) is 28.8. The summed E-state index contributed by atoms with van der Waals surface area (Å²) >= 11 is 0. The summed E-state index contributed by atoms with van der Waals surface area (Å²) in [7, 11) is 0. The van der Waals surface area contributed by atoms with E-state index in [1.807, 2.05) is 13.0 Å². The van der Waals surface area contributed by atoms with E-state index in [0.717, 1.165) is 19.3 Å². The van der Waals surface area contributed by atoms with Crippen LogP contribution >= 0.6 is 0 Å². The molecule has 0 heterocycles. The molecule has 0 spiro atoms. The zero-order valence-corrected chi connectivity index (χ0v) is 23.6. The quantitative estimate of drug-likeness (QED) is 0.363. The second-order valence-electron chi connectivity index (χ2n) is 14.6. The van der Waals surface area contributed by atoms with E-state index in [2.05, 4.69) is 33.8 Å². The van der Waals surface area contributed by atoms with Gasteiger partial charge in [0.15, 0.2) is 5.78 Å². The number of nitrogens with zero attached hydrogens (tertiary/aromatic N) is 1. The summed E-state index contributed by atoms with van der Waals surface area (Å²) in [5, 5.41) is 9.65. The van der Waals surface area contributed by atoms with Gasteiger partial charge in [-0.2, -0.15) is 18.4 Å². The zero-order valence-electron chi connectivity index (χ0n) is 23.6. The highest BCUT2D eigenvalue weighted by molar-refractivity contribution is 6.01. The van der Waals surface area contributed by atoms with Crippen LogP contribution in [-0.4, -0.2) is 30.3 Å². The lowest BCUT2D eigenvalue weighted by Gasteiger charge is -2.69. The molecule has 5 aliphatic rings. The number of carbonyl (C=O) groups is 3. The van der Waals surface area contributed by atoms with E-state index < -0.39 is 17.6 Å². The Morgan fingerprint density at radius 2 is 1.72 bits per heavy atom. The third-order valence-corrected chi connectivity index (χ3v) is 12.5. The molecule has 0 saturated heterocycles. The van der Waals surface area contributed by atoms with Gasteiger partial charge < -0.3 is 4.74 Å². The van der Waals surface area contributed by atoms with Crippen LogP contribution in [0.1, 0.15) is 86.0 Å². The number of ketones is 2. The van der Waals surface area contributed by atoms with Crippen LogP contribution in [0.5, 0.6) is 0 Å². The van der Waals surface area contributed by atoms with E-state index in [4.69, 9.17) is 4.74 Å². The van der Waals surface area contributed by atoms with E-state index in [0.29, 0.717) is 32.1 Å². The third kappa shape index (κ3) is 4.11. The van der Waals surface area contributed by atoms with Crippen LogP contribution in [0.3, 0.4) is 0 Å². The van der Waals surface area contributed by atoms with Crippen LogP contribution in [0.25, 0.3) is 0 Å². The van der Waals surface area contributed by atoms with Crippen LogP contribution in [0.4, 0.5) is 13.2 Å². The molecule has 0 amide bonds. The maximum atomic E-state index is 14.3. The van der Waals surface area contributed by atoms with Gasteiger partial charge >= 0.3 is 12.1 Å². The number of ether oxygens (including phenoxy) is 1. The van der Waals surface area contributed by atoms with Gasteiger partial charge in [-0.3, -0.25) is 9.59 Å². The first-order valence-electron chi connectivity index (χ1n) is 14.4. The molecule has 0 aromatic rings. The Hall–Kier alpha value is -2.17. The van der Waals surface area contributed by atoms with Gasteiger partial charge in [-0.05, 0) is 84.9 Å². The van der Waals surface area contributed by atoms with Crippen molar-refractivity contribution in [3.63, 3.8) is 0 Å². The third-order valence-electron chi connectivity index (χ3n) is 12.5. The van der Waals surface area contributed by atoms with Gasteiger partial charge in [0.05, 0.1) is 12.2 Å². The summed E-state index contributed by atoms with van der Waals surface area (Å²) < 4.78 is 44.1. The number of rotatable bonds is 2. The van der Waals surface area contributed by atoms with Crippen molar-refractivity contribution in [2.45, 2.75) is 92.2 Å². The van der Waals surface area contributed by atoms with E-state index in [1.165, 1.54) is 0 Å². The Bertz CT molecular complexity index is 1170. The Morgan fingerprint density at radius 3 is 2.36 bits per heavy atom. The fourth-order valence-corrected chi connectivity index (χ4v) is 9.95. The van der Waals surface area contributed by atoms with Crippen molar-refractivity contribution in [2.24, 2.45) is 57.2 Å². The molecular weight excluding hydrogens is 507 g/mol. The molecule has 5 nitrogen and oxygen atoms in total. The van der Waals surface area contributed by atoms with Crippen LogP contribution in [0.15, 0.2) is 11.6 Å². The molecule has 0 aliphatic heterocycles. The van der Waals surface area contributed by atoms with Crippen molar-refractivity contribution in [1.82, 2.24) is 0 Å². The number of Topliss-reactive ketones (excluding diaryl/α,β-unsaturated/α-hetero) is 2. The Morgan fingerprint density at radius 1 is 1.05 bits per heavy atom. The van der Waals surface area contributed by atoms with Gasteiger partial charge in [-0.25, -0.2) is 4.79 Å². The standard InChI is InChI=1S/C31H40F3NO4/c1-17-19-6-7-28(4)21(20(19)12-18(15-35)25(17)37)13-23(36)24-22-14-27(2,3)8-10-30(22,11-9-29(24,28)5)16-39-26(38)31(32,33)34/h12,17,19-22,24H,6-11,13-14,16H2,1-5H3/t17-,19-,20?,21+,22?,24?,28+,29+,30+/m0/s1. The lowest BCUT2D eigenvalue weighted by molar-refractivity contribution is -0.224. The van der Waals surface area contributed by atoms with Gasteiger partial charge in [0.2, 0.25) is 0 Å². The van der Waals surface area contributed by atoms with E-state index in [1.54, 1.807) is 0 Å². The molecule has 0 aromatic carbocycles. The maximum absolute atomic E-state index is 14.3. The summed E-state index contributed by atoms with van der Waals surface area (Å²) in [6.07, 6.45) is 2.32. The van der Waals surface area contributed by atoms with Crippen molar-refractivity contribution in [2.75, 3.05) is 6.61 Å². The summed E-state index contributed by atoms with van der Waals surface area (Å²) in [6.45, 7) is 10.4. The highest BCUT2D eigenvalue weighted by Gasteiger charge is 2.69. The molecule has 0 aromatic heterocycles. The lowest BCUT2D eigenvalue weighted by atomic mass is 9.34. The first kappa shape index (κ1) is 28.4. The number of alkyl halides is 3. The van der Waals surface area contributed by atoms with Crippen LogP contribution in [-0.2, 0) is 19.1 Å². The fourth-order valence-electron chi connectivity index (χ4n) is 9.95. The molecule has 5 aliphatic carbocycles. The van der Waals surface area contributed by atoms with Crippen molar-refractivity contribution >= 4 is 17.5 Å². The first-order valence-corrected chi connectivity index (χ1v) is 14.4. The van der Waals surface area contributed by atoms with E-state index in [-0.39, 0.29) is 75.5 Å². The highest BCUT2D eigenvalue weighted by Crippen LogP contribution is 2.73. The number of fused-ring (bicyclic) bond motifs is 7. The molecular formula is C31H40F3NO4. The molecule has 9 atom stereocenters. The molecule has 3 unspecified atom stereocenters. The first-order chi connectivity index (χ1) is 18.0. The average Bonchev–Trinajstić information content (AvgIpc) is 2.85.